The molecule has 1 saturated heterocycles. The molecule has 1 unspecified atom stereocenters. The number of fused-ring (bicyclic) bond motifs is 1. The number of aryl methyl sites for hydroxylation is 1. The third kappa shape index (κ3) is 3.37. The fraction of sp³-hybridized carbons (Fsp3) is 0.292. The predicted molar refractivity (Wildman–Crippen MR) is 115 cm³/mol. The van der Waals surface area contributed by atoms with Crippen LogP contribution in [0.15, 0.2) is 54.6 Å². The number of rotatable bonds is 4. The topological polar surface area (TPSA) is 58.1 Å². The van der Waals surface area contributed by atoms with E-state index in [1.165, 1.54) is 17.7 Å². The van der Waals surface area contributed by atoms with Crippen LogP contribution in [0.25, 0.3) is 11.3 Å². The second-order valence-corrected chi connectivity index (χ2v) is 7.88. The van der Waals surface area contributed by atoms with Gasteiger partial charge in [0, 0.05) is 40.7 Å². The predicted octanol–water partition coefficient (Wildman–Crippen LogP) is 4.48. The molecule has 0 radical (unpaired) electrons. The second-order valence-electron chi connectivity index (χ2n) is 7.88. The average Bonchev–Trinajstić information content (AvgIpc) is 3.21. The zero-order chi connectivity index (χ0) is 19.8. The number of nitrogens with one attached hydrogen (secondary N) is 1. The van der Waals surface area contributed by atoms with E-state index in [0.717, 1.165) is 48.7 Å². The van der Waals surface area contributed by atoms with Gasteiger partial charge in [0.2, 0.25) is 5.95 Å². The number of para-hydroxylation sites is 1. The Morgan fingerprint density at radius 3 is 2.69 bits per heavy atom. The van der Waals surface area contributed by atoms with E-state index in [0.29, 0.717) is 11.6 Å². The van der Waals surface area contributed by atoms with Gasteiger partial charge in [0.1, 0.15) is 0 Å². The largest absolute Gasteiger partial charge is 0.338 e. The summed E-state index contributed by atoms with van der Waals surface area (Å²) in [6, 6.07) is 17.8. The van der Waals surface area contributed by atoms with E-state index in [1.54, 1.807) is 0 Å². The monoisotopic (exact) mass is 384 g/mol. The van der Waals surface area contributed by atoms with Gasteiger partial charge in [-0.05, 0) is 56.9 Å². The Morgan fingerprint density at radius 2 is 1.93 bits per heavy atom. The normalized spacial score (nSPS) is 17.6. The van der Waals surface area contributed by atoms with Crippen molar-refractivity contribution in [3.63, 3.8) is 0 Å². The minimum Gasteiger partial charge on any atom is -0.338 e. The quantitative estimate of drug-likeness (QED) is 0.720. The van der Waals surface area contributed by atoms with Crippen molar-refractivity contribution in [2.24, 2.45) is 0 Å². The summed E-state index contributed by atoms with van der Waals surface area (Å²) in [6.07, 6.45) is 4.31. The lowest BCUT2D eigenvalue weighted by molar-refractivity contribution is 0.102. The molecule has 1 aromatic heterocycles. The number of aromatic nitrogens is 2. The highest BCUT2D eigenvalue weighted by Gasteiger charge is 2.29. The van der Waals surface area contributed by atoms with Gasteiger partial charge in [-0.2, -0.15) is 0 Å². The molecule has 2 aliphatic rings. The van der Waals surface area contributed by atoms with Crippen molar-refractivity contribution in [1.82, 2.24) is 9.97 Å². The molecule has 5 heteroatoms. The van der Waals surface area contributed by atoms with E-state index in [9.17, 15) is 4.79 Å². The van der Waals surface area contributed by atoms with Gasteiger partial charge in [-0.3, -0.25) is 4.79 Å². The van der Waals surface area contributed by atoms with Crippen LogP contribution in [-0.4, -0.2) is 28.5 Å². The van der Waals surface area contributed by atoms with Crippen molar-refractivity contribution >= 4 is 17.5 Å². The summed E-state index contributed by atoms with van der Waals surface area (Å²) in [5.74, 6) is 0.721. The van der Waals surface area contributed by atoms with E-state index in [-0.39, 0.29) is 5.91 Å². The first-order valence-electron chi connectivity index (χ1n) is 10.3. The zero-order valence-corrected chi connectivity index (χ0v) is 16.6. The first-order chi connectivity index (χ1) is 14.2. The highest BCUT2D eigenvalue weighted by molar-refractivity contribution is 6.04. The van der Waals surface area contributed by atoms with E-state index in [4.69, 9.17) is 9.97 Å². The summed E-state index contributed by atoms with van der Waals surface area (Å²) in [4.78, 5) is 24.8. The van der Waals surface area contributed by atoms with Crippen LogP contribution < -0.4 is 10.2 Å². The van der Waals surface area contributed by atoms with Gasteiger partial charge in [-0.1, -0.05) is 30.3 Å². The van der Waals surface area contributed by atoms with Crippen LogP contribution in [-0.2, 0) is 12.8 Å². The summed E-state index contributed by atoms with van der Waals surface area (Å²) in [5.41, 5.74) is 5.80. The van der Waals surface area contributed by atoms with Crippen LogP contribution in [0.4, 0.5) is 11.6 Å². The summed E-state index contributed by atoms with van der Waals surface area (Å²) < 4.78 is 0. The molecule has 146 valence electrons. The maximum atomic E-state index is 12.8. The number of hydrogen-bond donors (Lipinski definition) is 1. The molecule has 0 bridgehead atoms. The minimum atomic E-state index is -0.111. The Hall–Kier alpha value is -3.21. The summed E-state index contributed by atoms with van der Waals surface area (Å²) in [7, 11) is 0. The first kappa shape index (κ1) is 17.9. The Bertz CT molecular complexity index is 1060. The molecule has 5 nitrogen and oxygen atoms in total. The standard InChI is InChI=1S/C24H24N4O/c1-16-13-14-28(16)24-26-21-12-6-11-20(21)22(27-24)17-7-5-8-18(15-17)23(29)25-19-9-3-2-4-10-19/h2-5,7-10,15-16H,6,11-14H2,1H3,(H,25,29). The SMILES string of the molecule is CC1CCN1c1nc2c(c(-c3cccc(C(=O)Nc4ccccc4)c3)n1)CCC2. The number of carbonyl (C=O) groups excluding carboxylic acids is 1. The molecule has 1 N–H and O–H groups in total. The zero-order valence-electron chi connectivity index (χ0n) is 16.6. The maximum Gasteiger partial charge on any atom is 0.255 e. The van der Waals surface area contributed by atoms with Crippen molar-refractivity contribution in [1.29, 1.82) is 0 Å². The van der Waals surface area contributed by atoms with E-state index in [2.05, 4.69) is 17.1 Å². The summed E-state index contributed by atoms with van der Waals surface area (Å²) in [6.45, 7) is 3.23. The lowest BCUT2D eigenvalue weighted by Crippen LogP contribution is -2.46. The summed E-state index contributed by atoms with van der Waals surface area (Å²) in [5, 5.41) is 2.96. The first-order valence-corrected chi connectivity index (χ1v) is 10.3. The number of carbonyl (C=O) groups is 1. The number of hydrogen-bond acceptors (Lipinski definition) is 4. The van der Waals surface area contributed by atoms with Gasteiger partial charge in [-0.25, -0.2) is 9.97 Å². The highest BCUT2D eigenvalue weighted by Crippen LogP contribution is 2.34. The Balaban J connectivity index is 1.50. The van der Waals surface area contributed by atoms with Gasteiger partial charge in [0.25, 0.3) is 5.91 Å². The number of nitrogens with zero attached hydrogens (tertiary/aromatic N) is 3. The third-order valence-corrected chi connectivity index (χ3v) is 5.93. The van der Waals surface area contributed by atoms with E-state index in [1.807, 2.05) is 54.6 Å². The number of anilines is 2. The van der Waals surface area contributed by atoms with Gasteiger partial charge >= 0.3 is 0 Å². The molecule has 1 aliphatic heterocycles. The van der Waals surface area contributed by atoms with Crippen molar-refractivity contribution in [3.05, 3.63) is 71.4 Å². The van der Waals surface area contributed by atoms with Crippen LogP contribution in [0, 0.1) is 0 Å². The summed E-state index contributed by atoms with van der Waals surface area (Å²) >= 11 is 0. The van der Waals surface area contributed by atoms with Crippen molar-refractivity contribution < 1.29 is 4.79 Å². The third-order valence-electron chi connectivity index (χ3n) is 5.93. The molecule has 1 fully saturated rings. The molecule has 1 atom stereocenters. The molecule has 5 rings (SSSR count). The molecule has 2 heterocycles. The van der Waals surface area contributed by atoms with Gasteiger partial charge < -0.3 is 10.2 Å². The van der Waals surface area contributed by atoms with Crippen LogP contribution >= 0.6 is 0 Å². The number of benzene rings is 2. The molecular weight excluding hydrogens is 360 g/mol. The fourth-order valence-electron chi connectivity index (χ4n) is 4.13. The van der Waals surface area contributed by atoms with Crippen LogP contribution in [0.3, 0.4) is 0 Å². The Labute approximate surface area is 170 Å². The fourth-order valence-corrected chi connectivity index (χ4v) is 4.13. The Morgan fingerprint density at radius 1 is 1.07 bits per heavy atom. The van der Waals surface area contributed by atoms with Gasteiger partial charge in [-0.15, -0.1) is 0 Å². The molecule has 1 aliphatic carbocycles. The highest BCUT2D eigenvalue weighted by atomic mass is 16.1. The molecule has 1 amide bonds. The van der Waals surface area contributed by atoms with Crippen LogP contribution in [0.1, 0.15) is 41.4 Å². The molecule has 0 spiro atoms. The second kappa shape index (κ2) is 7.32. The molecule has 3 aromatic rings. The average molecular weight is 384 g/mol. The number of amides is 1. The van der Waals surface area contributed by atoms with Gasteiger partial charge in [0.05, 0.1) is 5.69 Å². The van der Waals surface area contributed by atoms with Crippen molar-refractivity contribution in [3.8, 4) is 11.3 Å². The molecule has 29 heavy (non-hydrogen) atoms. The van der Waals surface area contributed by atoms with Crippen LogP contribution in [0.5, 0.6) is 0 Å². The minimum absolute atomic E-state index is 0.111. The van der Waals surface area contributed by atoms with Gasteiger partial charge in [0.15, 0.2) is 0 Å². The van der Waals surface area contributed by atoms with Crippen molar-refractivity contribution in [2.45, 2.75) is 38.6 Å². The molecule has 0 saturated carbocycles. The van der Waals surface area contributed by atoms with Crippen LogP contribution in [0.2, 0.25) is 0 Å². The molecule has 2 aromatic carbocycles. The smallest absolute Gasteiger partial charge is 0.255 e. The Kier molecular flexibility index (Phi) is 4.51. The van der Waals surface area contributed by atoms with E-state index < -0.39 is 0 Å². The van der Waals surface area contributed by atoms with Crippen molar-refractivity contribution in [2.75, 3.05) is 16.8 Å². The lowest BCUT2D eigenvalue weighted by atomic mass is 10.0. The maximum absolute atomic E-state index is 12.8. The lowest BCUT2D eigenvalue weighted by Gasteiger charge is -2.39. The van der Waals surface area contributed by atoms with E-state index >= 15 is 0 Å². The molecular formula is C24H24N4O.